The van der Waals surface area contributed by atoms with E-state index in [1.807, 2.05) is 0 Å². The van der Waals surface area contributed by atoms with Gasteiger partial charge in [0.15, 0.2) is 0 Å². The van der Waals surface area contributed by atoms with Crippen molar-refractivity contribution in [3.63, 3.8) is 0 Å². The van der Waals surface area contributed by atoms with Crippen LogP contribution >= 0.6 is 11.6 Å². The Bertz CT molecular complexity index is 510. The first-order chi connectivity index (χ1) is 9.40. The molecule has 110 valence electrons. The molecule has 0 radical (unpaired) electrons. The molecule has 2 rings (SSSR count). The molecule has 0 unspecified atom stereocenters. The SMILES string of the molecule is CC(C)N1CCN(c2c(Cl)cc(N)cc2C(N)=O)CC1. The summed E-state index contributed by atoms with van der Waals surface area (Å²) in [4.78, 5) is 16.1. The predicted octanol–water partition coefficient (Wildman–Crippen LogP) is 1.55. The summed E-state index contributed by atoms with van der Waals surface area (Å²) in [5, 5.41) is 0.483. The average Bonchev–Trinajstić information content (AvgIpc) is 2.37. The maximum Gasteiger partial charge on any atom is 0.250 e. The number of benzene rings is 1. The number of amides is 1. The van der Waals surface area contributed by atoms with Crippen LogP contribution in [0.2, 0.25) is 5.02 Å². The minimum absolute atomic E-state index is 0.396. The number of nitrogens with zero attached hydrogens (tertiary/aromatic N) is 2. The minimum atomic E-state index is -0.500. The molecule has 0 aliphatic carbocycles. The Kier molecular flexibility index (Phi) is 4.40. The molecule has 0 saturated carbocycles. The summed E-state index contributed by atoms with van der Waals surface area (Å²) in [5.41, 5.74) is 12.7. The third-order valence-corrected chi connectivity index (χ3v) is 4.00. The first kappa shape index (κ1) is 14.9. The third kappa shape index (κ3) is 2.99. The van der Waals surface area contributed by atoms with E-state index in [1.54, 1.807) is 12.1 Å². The van der Waals surface area contributed by atoms with Gasteiger partial charge < -0.3 is 16.4 Å². The molecule has 0 bridgehead atoms. The van der Waals surface area contributed by atoms with Crippen molar-refractivity contribution in [2.75, 3.05) is 36.8 Å². The second-order valence-corrected chi connectivity index (χ2v) is 5.79. The van der Waals surface area contributed by atoms with Crippen molar-refractivity contribution in [1.29, 1.82) is 0 Å². The monoisotopic (exact) mass is 296 g/mol. The van der Waals surface area contributed by atoms with Crippen LogP contribution < -0.4 is 16.4 Å². The van der Waals surface area contributed by atoms with E-state index in [4.69, 9.17) is 23.1 Å². The molecule has 0 spiro atoms. The van der Waals surface area contributed by atoms with Crippen LogP contribution in [0.4, 0.5) is 11.4 Å². The zero-order chi connectivity index (χ0) is 14.9. The lowest BCUT2D eigenvalue weighted by Gasteiger charge is -2.39. The van der Waals surface area contributed by atoms with Gasteiger partial charge in [-0.3, -0.25) is 9.69 Å². The summed E-state index contributed by atoms with van der Waals surface area (Å²) in [6.45, 7) is 7.89. The van der Waals surface area contributed by atoms with Crippen LogP contribution in [0, 0.1) is 0 Å². The summed E-state index contributed by atoms with van der Waals surface area (Å²) in [6.07, 6.45) is 0. The molecule has 1 aromatic rings. The highest BCUT2D eigenvalue weighted by atomic mass is 35.5. The Morgan fingerprint density at radius 1 is 1.25 bits per heavy atom. The largest absolute Gasteiger partial charge is 0.399 e. The van der Waals surface area contributed by atoms with E-state index >= 15 is 0 Å². The van der Waals surface area contributed by atoms with Gasteiger partial charge in [0.1, 0.15) is 0 Å². The zero-order valence-electron chi connectivity index (χ0n) is 11.9. The van der Waals surface area contributed by atoms with E-state index in [-0.39, 0.29) is 0 Å². The first-order valence-corrected chi connectivity index (χ1v) is 7.15. The van der Waals surface area contributed by atoms with E-state index in [9.17, 15) is 4.79 Å². The van der Waals surface area contributed by atoms with Crippen LogP contribution in [0.25, 0.3) is 0 Å². The lowest BCUT2D eigenvalue weighted by molar-refractivity contribution is 0.100. The van der Waals surface area contributed by atoms with Gasteiger partial charge in [0.25, 0.3) is 5.91 Å². The number of hydrogen-bond acceptors (Lipinski definition) is 4. The lowest BCUT2D eigenvalue weighted by atomic mass is 10.1. The van der Waals surface area contributed by atoms with E-state index in [0.29, 0.717) is 28.0 Å². The zero-order valence-corrected chi connectivity index (χ0v) is 12.7. The van der Waals surface area contributed by atoms with Crippen LogP contribution in [0.1, 0.15) is 24.2 Å². The van der Waals surface area contributed by atoms with Gasteiger partial charge in [-0.1, -0.05) is 11.6 Å². The Hall–Kier alpha value is -1.46. The van der Waals surface area contributed by atoms with Gasteiger partial charge in [0.05, 0.1) is 16.3 Å². The van der Waals surface area contributed by atoms with Crippen LogP contribution in [0.3, 0.4) is 0 Å². The van der Waals surface area contributed by atoms with Gasteiger partial charge in [0, 0.05) is 37.9 Å². The molecule has 1 fully saturated rings. The highest BCUT2D eigenvalue weighted by Crippen LogP contribution is 2.33. The lowest BCUT2D eigenvalue weighted by Crippen LogP contribution is -2.49. The Balaban J connectivity index is 2.28. The van der Waals surface area contributed by atoms with E-state index < -0.39 is 5.91 Å². The van der Waals surface area contributed by atoms with Crippen molar-refractivity contribution >= 4 is 28.9 Å². The number of halogens is 1. The molecule has 4 N–H and O–H groups in total. The molecule has 20 heavy (non-hydrogen) atoms. The topological polar surface area (TPSA) is 75.6 Å². The second-order valence-electron chi connectivity index (χ2n) is 5.38. The van der Waals surface area contributed by atoms with Gasteiger partial charge in [-0.15, -0.1) is 0 Å². The van der Waals surface area contributed by atoms with Gasteiger partial charge in [-0.25, -0.2) is 0 Å². The number of nitrogen functional groups attached to an aromatic ring is 1. The van der Waals surface area contributed by atoms with Crippen molar-refractivity contribution < 1.29 is 4.79 Å². The fraction of sp³-hybridized carbons (Fsp3) is 0.500. The number of anilines is 2. The molecular formula is C14H21ClN4O. The molecular weight excluding hydrogens is 276 g/mol. The van der Waals surface area contributed by atoms with Crippen molar-refractivity contribution in [2.45, 2.75) is 19.9 Å². The number of piperazine rings is 1. The van der Waals surface area contributed by atoms with Crippen molar-refractivity contribution in [2.24, 2.45) is 5.73 Å². The predicted molar refractivity (Wildman–Crippen MR) is 83.3 cm³/mol. The Morgan fingerprint density at radius 2 is 1.85 bits per heavy atom. The molecule has 1 heterocycles. The number of carbonyl (C=O) groups excluding carboxylic acids is 1. The Labute approximate surface area is 124 Å². The van der Waals surface area contributed by atoms with E-state index in [2.05, 4.69) is 23.6 Å². The minimum Gasteiger partial charge on any atom is -0.399 e. The molecule has 1 amide bonds. The Morgan fingerprint density at radius 3 is 2.35 bits per heavy atom. The summed E-state index contributed by atoms with van der Waals surface area (Å²) in [7, 11) is 0. The van der Waals surface area contributed by atoms with Crippen molar-refractivity contribution in [3.05, 3.63) is 22.7 Å². The van der Waals surface area contributed by atoms with Crippen LogP contribution in [-0.2, 0) is 0 Å². The van der Waals surface area contributed by atoms with Gasteiger partial charge >= 0.3 is 0 Å². The molecule has 1 aliphatic rings. The highest BCUT2D eigenvalue weighted by Gasteiger charge is 2.24. The second kappa shape index (κ2) is 5.89. The fourth-order valence-corrected chi connectivity index (χ4v) is 2.94. The molecule has 5 nitrogen and oxygen atoms in total. The van der Waals surface area contributed by atoms with Crippen molar-refractivity contribution in [1.82, 2.24) is 4.90 Å². The van der Waals surface area contributed by atoms with Gasteiger partial charge in [-0.05, 0) is 26.0 Å². The quantitative estimate of drug-likeness (QED) is 0.830. The van der Waals surface area contributed by atoms with Gasteiger partial charge in [-0.2, -0.15) is 0 Å². The maximum atomic E-state index is 11.6. The molecule has 1 saturated heterocycles. The normalized spacial score (nSPS) is 16.7. The van der Waals surface area contributed by atoms with Crippen LogP contribution in [0.5, 0.6) is 0 Å². The van der Waals surface area contributed by atoms with E-state index in [0.717, 1.165) is 26.2 Å². The van der Waals surface area contributed by atoms with E-state index in [1.165, 1.54) is 0 Å². The molecule has 0 atom stereocenters. The number of primary amides is 1. The first-order valence-electron chi connectivity index (χ1n) is 6.78. The third-order valence-electron chi connectivity index (χ3n) is 3.71. The summed E-state index contributed by atoms with van der Waals surface area (Å²) in [6, 6.07) is 3.78. The maximum absolute atomic E-state index is 11.6. The van der Waals surface area contributed by atoms with Crippen LogP contribution in [-0.4, -0.2) is 43.0 Å². The summed E-state index contributed by atoms with van der Waals surface area (Å²) in [5.74, 6) is -0.500. The smallest absolute Gasteiger partial charge is 0.250 e. The summed E-state index contributed by atoms with van der Waals surface area (Å²) >= 11 is 6.27. The van der Waals surface area contributed by atoms with Crippen LogP contribution in [0.15, 0.2) is 12.1 Å². The highest BCUT2D eigenvalue weighted by molar-refractivity contribution is 6.34. The standard InChI is InChI=1S/C14H21ClN4O/c1-9(2)18-3-5-19(6-4-18)13-11(14(17)20)7-10(16)8-12(13)15/h7-9H,3-6,16H2,1-2H3,(H2,17,20). The average molecular weight is 297 g/mol. The van der Waals surface area contributed by atoms with Gasteiger partial charge in [0.2, 0.25) is 0 Å². The van der Waals surface area contributed by atoms with Crippen molar-refractivity contribution in [3.8, 4) is 0 Å². The number of nitrogens with two attached hydrogens (primary N) is 2. The molecule has 0 aromatic heterocycles. The number of rotatable bonds is 3. The molecule has 1 aliphatic heterocycles. The molecule has 1 aromatic carbocycles. The number of carbonyl (C=O) groups is 1. The molecule has 6 heteroatoms. The number of hydrogen-bond donors (Lipinski definition) is 2. The summed E-state index contributed by atoms with van der Waals surface area (Å²) < 4.78 is 0. The fourth-order valence-electron chi connectivity index (χ4n) is 2.59.